The van der Waals surface area contributed by atoms with Crippen LogP contribution in [0.4, 0.5) is 10.5 Å². The van der Waals surface area contributed by atoms with Crippen LogP contribution in [-0.4, -0.2) is 35.2 Å². The van der Waals surface area contributed by atoms with Crippen LogP contribution in [0.5, 0.6) is 0 Å². The van der Waals surface area contributed by atoms with Crippen LogP contribution in [0.1, 0.15) is 18.9 Å². The Balaban J connectivity index is 2.02. The number of carbonyl (C=O) groups is 1. The van der Waals surface area contributed by atoms with Crippen molar-refractivity contribution >= 4 is 23.3 Å². The van der Waals surface area contributed by atoms with Gasteiger partial charge < -0.3 is 15.3 Å². The van der Waals surface area contributed by atoms with E-state index in [0.717, 1.165) is 12.0 Å². The molecule has 0 unspecified atom stereocenters. The smallest absolute Gasteiger partial charge is 0.321 e. The third-order valence-corrected chi connectivity index (χ3v) is 3.96. The number of nitrogens with one attached hydrogen (secondary N) is 1. The molecule has 1 aromatic rings. The van der Waals surface area contributed by atoms with Crippen LogP contribution >= 0.6 is 11.6 Å². The van der Waals surface area contributed by atoms with Crippen LogP contribution in [0.2, 0.25) is 5.02 Å². The first-order valence-electron chi connectivity index (χ1n) is 6.48. The van der Waals surface area contributed by atoms with Crippen LogP contribution in [0, 0.1) is 12.8 Å². The Kier molecular flexibility index (Phi) is 4.32. The van der Waals surface area contributed by atoms with Gasteiger partial charge in [-0.1, -0.05) is 23.7 Å². The zero-order valence-electron chi connectivity index (χ0n) is 11.2. The van der Waals surface area contributed by atoms with Crippen molar-refractivity contribution in [3.05, 3.63) is 28.8 Å². The minimum atomic E-state index is -0.375. The molecular weight excluding hydrogens is 264 g/mol. The topological polar surface area (TPSA) is 52.6 Å². The van der Waals surface area contributed by atoms with E-state index in [-0.39, 0.29) is 18.1 Å². The summed E-state index contributed by atoms with van der Waals surface area (Å²) in [4.78, 5) is 13.9. The van der Waals surface area contributed by atoms with E-state index < -0.39 is 0 Å². The molecule has 2 atom stereocenters. The van der Waals surface area contributed by atoms with Gasteiger partial charge in [0.15, 0.2) is 0 Å². The highest BCUT2D eigenvalue weighted by Gasteiger charge is 2.29. The summed E-state index contributed by atoms with van der Waals surface area (Å²) in [6.07, 6.45) is 0.465. The fourth-order valence-electron chi connectivity index (χ4n) is 2.34. The van der Waals surface area contributed by atoms with E-state index in [1.54, 1.807) is 17.9 Å². The Bertz CT molecular complexity index is 456. The van der Waals surface area contributed by atoms with Gasteiger partial charge in [0.1, 0.15) is 0 Å². The maximum absolute atomic E-state index is 12.2. The predicted molar refractivity (Wildman–Crippen MR) is 76.6 cm³/mol. The molecule has 2 N–H and O–H groups in total. The normalized spacial score (nSPS) is 20.4. The number of amides is 2. The van der Waals surface area contributed by atoms with Crippen molar-refractivity contribution in [1.29, 1.82) is 0 Å². The lowest BCUT2D eigenvalue weighted by Crippen LogP contribution is -2.34. The Morgan fingerprint density at radius 1 is 1.58 bits per heavy atom. The molecule has 0 bridgehead atoms. The van der Waals surface area contributed by atoms with Gasteiger partial charge in [0.05, 0.1) is 16.8 Å². The number of hydrogen-bond acceptors (Lipinski definition) is 2. The molecule has 1 aromatic carbocycles. The van der Waals surface area contributed by atoms with Crippen LogP contribution in [0.15, 0.2) is 18.2 Å². The molecule has 1 heterocycles. The summed E-state index contributed by atoms with van der Waals surface area (Å²) in [5.41, 5.74) is 1.60. The van der Waals surface area contributed by atoms with Crippen LogP contribution in [0.25, 0.3) is 0 Å². The highest BCUT2D eigenvalue weighted by molar-refractivity contribution is 6.33. The van der Waals surface area contributed by atoms with Gasteiger partial charge >= 0.3 is 6.03 Å². The number of aliphatic hydroxyl groups excluding tert-OH is 1. The van der Waals surface area contributed by atoms with Crippen LogP contribution < -0.4 is 5.32 Å². The fraction of sp³-hybridized carbons (Fsp3) is 0.500. The molecule has 104 valence electrons. The summed E-state index contributed by atoms with van der Waals surface area (Å²) in [5, 5.41) is 12.9. The summed E-state index contributed by atoms with van der Waals surface area (Å²) in [6.45, 7) is 4.94. The molecule has 1 aliphatic rings. The Hall–Kier alpha value is -1.26. The van der Waals surface area contributed by atoms with E-state index in [1.807, 2.05) is 19.1 Å². The van der Waals surface area contributed by atoms with E-state index in [4.69, 9.17) is 11.6 Å². The van der Waals surface area contributed by atoms with Gasteiger partial charge in [-0.25, -0.2) is 4.79 Å². The van der Waals surface area contributed by atoms with Crippen molar-refractivity contribution in [1.82, 2.24) is 4.90 Å². The number of hydrogen-bond donors (Lipinski definition) is 2. The molecule has 2 rings (SSSR count). The van der Waals surface area contributed by atoms with Crippen molar-refractivity contribution < 1.29 is 9.90 Å². The SMILES string of the molecule is Cc1cccc(Cl)c1NC(=O)N1CC[C@@H]([C@@H](C)O)C1. The Labute approximate surface area is 118 Å². The number of nitrogens with zero attached hydrogens (tertiary/aromatic N) is 1. The van der Waals surface area contributed by atoms with E-state index in [0.29, 0.717) is 23.8 Å². The van der Waals surface area contributed by atoms with Gasteiger partial charge in [-0.2, -0.15) is 0 Å². The summed E-state index contributed by atoms with van der Waals surface area (Å²) in [6, 6.07) is 5.36. The summed E-state index contributed by atoms with van der Waals surface area (Å²) in [7, 11) is 0. The van der Waals surface area contributed by atoms with Gasteiger partial charge in [-0.3, -0.25) is 0 Å². The van der Waals surface area contributed by atoms with Gasteiger partial charge in [0.2, 0.25) is 0 Å². The molecule has 1 aliphatic heterocycles. The third kappa shape index (κ3) is 3.19. The van der Waals surface area contributed by atoms with Gasteiger partial charge in [-0.15, -0.1) is 0 Å². The second-order valence-electron chi connectivity index (χ2n) is 5.10. The average Bonchev–Trinajstić information content (AvgIpc) is 2.83. The zero-order chi connectivity index (χ0) is 14.0. The minimum absolute atomic E-state index is 0.153. The highest BCUT2D eigenvalue weighted by Crippen LogP contribution is 2.27. The first-order chi connectivity index (χ1) is 8.99. The minimum Gasteiger partial charge on any atom is -0.393 e. The number of anilines is 1. The summed E-state index contributed by atoms with van der Waals surface area (Å²) < 4.78 is 0. The first-order valence-corrected chi connectivity index (χ1v) is 6.86. The molecule has 0 aromatic heterocycles. The Morgan fingerprint density at radius 3 is 2.89 bits per heavy atom. The van der Waals surface area contributed by atoms with Gasteiger partial charge in [-0.05, 0) is 31.9 Å². The van der Waals surface area contributed by atoms with Crippen molar-refractivity contribution in [3.8, 4) is 0 Å². The molecule has 19 heavy (non-hydrogen) atoms. The van der Waals surface area contributed by atoms with Gasteiger partial charge in [0, 0.05) is 19.0 Å². The lowest BCUT2D eigenvalue weighted by molar-refractivity contribution is 0.130. The number of rotatable bonds is 2. The quantitative estimate of drug-likeness (QED) is 0.876. The lowest BCUT2D eigenvalue weighted by Gasteiger charge is -2.19. The number of aryl methyl sites for hydroxylation is 1. The standard InChI is InChI=1S/C14H19ClN2O2/c1-9-4-3-5-12(15)13(9)16-14(19)17-7-6-11(8-17)10(2)18/h3-5,10-11,18H,6-8H2,1-2H3,(H,16,19)/t10-,11-/m1/s1. The van der Waals surface area contributed by atoms with Crippen LogP contribution in [0.3, 0.4) is 0 Å². The molecule has 0 spiro atoms. The number of carbonyl (C=O) groups excluding carboxylic acids is 1. The number of halogens is 1. The van der Waals surface area contributed by atoms with E-state index >= 15 is 0 Å². The van der Waals surface area contributed by atoms with Gasteiger partial charge in [0.25, 0.3) is 0 Å². The number of benzene rings is 1. The van der Waals surface area contributed by atoms with E-state index in [1.165, 1.54) is 0 Å². The van der Waals surface area contributed by atoms with Crippen LogP contribution in [-0.2, 0) is 0 Å². The molecule has 1 saturated heterocycles. The number of urea groups is 1. The monoisotopic (exact) mass is 282 g/mol. The van der Waals surface area contributed by atoms with Crippen molar-refractivity contribution in [2.24, 2.45) is 5.92 Å². The second kappa shape index (κ2) is 5.80. The third-order valence-electron chi connectivity index (χ3n) is 3.65. The second-order valence-corrected chi connectivity index (χ2v) is 5.50. The number of likely N-dealkylation sites (tertiary alicyclic amines) is 1. The maximum atomic E-state index is 12.2. The van der Waals surface area contributed by atoms with Crippen molar-refractivity contribution in [2.45, 2.75) is 26.4 Å². The van der Waals surface area contributed by atoms with Crippen molar-refractivity contribution in [3.63, 3.8) is 0 Å². The zero-order valence-corrected chi connectivity index (χ0v) is 11.9. The predicted octanol–water partition coefficient (Wildman–Crippen LogP) is 2.88. The summed E-state index contributed by atoms with van der Waals surface area (Å²) in [5.74, 6) is 0.165. The molecule has 0 aliphatic carbocycles. The lowest BCUT2D eigenvalue weighted by atomic mass is 10.0. The average molecular weight is 283 g/mol. The molecule has 5 heteroatoms. The Morgan fingerprint density at radius 2 is 2.32 bits per heavy atom. The van der Waals surface area contributed by atoms with E-state index in [9.17, 15) is 9.90 Å². The highest BCUT2D eigenvalue weighted by atomic mass is 35.5. The largest absolute Gasteiger partial charge is 0.393 e. The number of para-hydroxylation sites is 1. The molecule has 1 fully saturated rings. The molecule has 0 saturated carbocycles. The molecular formula is C14H19ClN2O2. The maximum Gasteiger partial charge on any atom is 0.321 e. The molecule has 4 nitrogen and oxygen atoms in total. The van der Waals surface area contributed by atoms with E-state index in [2.05, 4.69) is 5.32 Å². The van der Waals surface area contributed by atoms with Crippen molar-refractivity contribution in [2.75, 3.05) is 18.4 Å². The number of aliphatic hydroxyl groups is 1. The fourth-order valence-corrected chi connectivity index (χ4v) is 2.61. The first kappa shape index (κ1) is 14.2. The molecule has 0 radical (unpaired) electrons. The molecule has 2 amide bonds. The summed E-state index contributed by atoms with van der Waals surface area (Å²) >= 11 is 6.09.